The van der Waals surface area contributed by atoms with Gasteiger partial charge in [-0.1, -0.05) is 13.8 Å². The zero-order valence-electron chi connectivity index (χ0n) is 12.4. The first kappa shape index (κ1) is 14.7. The summed E-state index contributed by atoms with van der Waals surface area (Å²) in [5.41, 5.74) is 2.44. The van der Waals surface area contributed by atoms with Gasteiger partial charge in [-0.05, 0) is 50.8 Å². The third-order valence-corrected chi connectivity index (χ3v) is 3.89. The molecule has 0 amide bonds. The van der Waals surface area contributed by atoms with Crippen molar-refractivity contribution in [3.63, 3.8) is 0 Å². The predicted molar refractivity (Wildman–Crippen MR) is 76.6 cm³/mol. The van der Waals surface area contributed by atoms with E-state index in [-0.39, 0.29) is 6.10 Å². The van der Waals surface area contributed by atoms with Crippen LogP contribution in [0.1, 0.15) is 43.5 Å². The van der Waals surface area contributed by atoms with Gasteiger partial charge in [-0.15, -0.1) is 5.10 Å². The van der Waals surface area contributed by atoms with Crippen molar-refractivity contribution in [2.75, 3.05) is 13.6 Å². The predicted octanol–water partition coefficient (Wildman–Crippen LogP) is 1.85. The molecular weight excluding hydrogens is 252 g/mol. The number of rotatable bonds is 6. The second-order valence-electron chi connectivity index (χ2n) is 5.26. The molecule has 0 radical (unpaired) electrons. The fraction of sp³-hybridized carbons (Fsp3) is 0.667. The summed E-state index contributed by atoms with van der Waals surface area (Å²) in [7, 11) is 1.96. The number of hydrogen-bond donors (Lipinski definition) is 1. The first-order chi connectivity index (χ1) is 9.73. The molecular formula is C15H22N4O. The number of hydrogen-bond acceptors (Lipinski definition) is 5. The Labute approximate surface area is 120 Å². The summed E-state index contributed by atoms with van der Waals surface area (Å²) in [6.07, 6.45) is 3.78. The molecule has 1 aliphatic carbocycles. The van der Waals surface area contributed by atoms with Crippen LogP contribution in [-0.4, -0.2) is 29.9 Å². The molecule has 0 atom stereocenters. The van der Waals surface area contributed by atoms with Crippen molar-refractivity contribution in [1.29, 1.82) is 5.26 Å². The van der Waals surface area contributed by atoms with E-state index in [1.54, 1.807) is 0 Å². The Morgan fingerprint density at radius 2 is 2.05 bits per heavy atom. The third-order valence-electron chi connectivity index (χ3n) is 3.89. The largest absolute Gasteiger partial charge is 0.472 e. The molecule has 0 unspecified atom stereocenters. The van der Waals surface area contributed by atoms with E-state index in [0.29, 0.717) is 17.4 Å². The Hall–Kier alpha value is -1.67. The van der Waals surface area contributed by atoms with E-state index in [0.717, 1.165) is 43.5 Å². The number of nitrogens with one attached hydrogen (secondary N) is 1. The first-order valence-corrected chi connectivity index (χ1v) is 7.33. The van der Waals surface area contributed by atoms with E-state index in [2.05, 4.69) is 21.6 Å². The van der Waals surface area contributed by atoms with Crippen LogP contribution in [0.5, 0.6) is 5.88 Å². The van der Waals surface area contributed by atoms with Gasteiger partial charge >= 0.3 is 0 Å². The highest BCUT2D eigenvalue weighted by atomic mass is 16.5. The maximum atomic E-state index is 9.38. The highest BCUT2D eigenvalue weighted by molar-refractivity contribution is 5.46. The van der Waals surface area contributed by atoms with Gasteiger partial charge < -0.3 is 10.1 Å². The lowest BCUT2D eigenvalue weighted by Crippen LogP contribution is -2.39. The highest BCUT2D eigenvalue weighted by Crippen LogP contribution is 2.32. The smallest absolute Gasteiger partial charge is 0.252 e. The number of nitrogens with zero attached hydrogens (tertiary/aromatic N) is 3. The summed E-state index contributed by atoms with van der Waals surface area (Å²) >= 11 is 0. The zero-order chi connectivity index (χ0) is 14.5. The minimum Gasteiger partial charge on any atom is -0.472 e. The van der Waals surface area contributed by atoms with Crippen LogP contribution in [0, 0.1) is 17.2 Å². The van der Waals surface area contributed by atoms with Gasteiger partial charge in [0, 0.05) is 0 Å². The third kappa shape index (κ3) is 2.91. The van der Waals surface area contributed by atoms with Crippen molar-refractivity contribution < 1.29 is 4.74 Å². The van der Waals surface area contributed by atoms with Crippen LogP contribution in [0.25, 0.3) is 0 Å². The topological polar surface area (TPSA) is 70.8 Å². The normalized spacial score (nSPS) is 21.1. The molecule has 1 saturated carbocycles. The molecule has 5 nitrogen and oxygen atoms in total. The minimum absolute atomic E-state index is 0.173. The van der Waals surface area contributed by atoms with E-state index in [1.165, 1.54) is 0 Å². The number of aryl methyl sites for hydroxylation is 1. The fourth-order valence-corrected chi connectivity index (χ4v) is 2.74. The van der Waals surface area contributed by atoms with Gasteiger partial charge in [-0.25, -0.2) is 0 Å². The molecule has 1 aromatic rings. The lowest BCUT2D eigenvalue weighted by Gasteiger charge is -2.35. The van der Waals surface area contributed by atoms with Crippen LogP contribution in [0.15, 0.2) is 0 Å². The molecule has 0 saturated heterocycles. The molecule has 20 heavy (non-hydrogen) atoms. The van der Waals surface area contributed by atoms with Crippen molar-refractivity contribution in [2.24, 2.45) is 5.92 Å². The standard InChI is InChI=1S/C15H22N4O/c1-4-12-13(8-16)15(19-18-14(12)5-2)20-11-6-10(7-11)9-17-3/h10-11,17H,4-7,9H2,1-3H3. The lowest BCUT2D eigenvalue weighted by atomic mass is 9.82. The van der Waals surface area contributed by atoms with Crippen LogP contribution in [0.4, 0.5) is 0 Å². The summed E-state index contributed by atoms with van der Waals surface area (Å²) < 4.78 is 5.87. The summed E-state index contributed by atoms with van der Waals surface area (Å²) in [5.74, 6) is 1.08. The van der Waals surface area contributed by atoms with Gasteiger partial charge in [0.1, 0.15) is 17.7 Å². The molecule has 0 aliphatic heterocycles. The molecule has 1 aromatic heterocycles. The number of aromatic nitrogens is 2. The minimum atomic E-state index is 0.173. The van der Waals surface area contributed by atoms with Gasteiger partial charge in [0.15, 0.2) is 0 Å². The van der Waals surface area contributed by atoms with Crippen molar-refractivity contribution in [3.05, 3.63) is 16.8 Å². The van der Waals surface area contributed by atoms with Gasteiger partial charge in [-0.2, -0.15) is 10.4 Å². The maximum absolute atomic E-state index is 9.38. The van der Waals surface area contributed by atoms with Gasteiger partial charge in [0.25, 0.3) is 5.88 Å². The Balaban J connectivity index is 2.11. The summed E-state index contributed by atoms with van der Waals surface area (Å²) in [6.45, 7) is 5.08. The monoisotopic (exact) mass is 274 g/mol. The number of ether oxygens (including phenoxy) is 1. The van der Waals surface area contributed by atoms with Crippen LogP contribution < -0.4 is 10.1 Å². The molecule has 0 bridgehead atoms. The zero-order valence-corrected chi connectivity index (χ0v) is 12.4. The summed E-state index contributed by atoms with van der Waals surface area (Å²) in [6, 6.07) is 2.24. The molecule has 0 aromatic carbocycles. The van der Waals surface area contributed by atoms with Crippen molar-refractivity contribution in [1.82, 2.24) is 15.5 Å². The van der Waals surface area contributed by atoms with Crippen LogP contribution in [-0.2, 0) is 12.8 Å². The molecule has 1 fully saturated rings. The second-order valence-corrected chi connectivity index (χ2v) is 5.26. The maximum Gasteiger partial charge on any atom is 0.252 e. The SMILES string of the molecule is CCc1nnc(OC2CC(CNC)C2)c(C#N)c1CC. The quantitative estimate of drug-likeness (QED) is 0.857. The van der Waals surface area contributed by atoms with E-state index in [1.807, 2.05) is 20.9 Å². The van der Waals surface area contributed by atoms with E-state index < -0.39 is 0 Å². The van der Waals surface area contributed by atoms with Crippen LogP contribution >= 0.6 is 0 Å². The van der Waals surface area contributed by atoms with Gasteiger partial charge in [-0.3, -0.25) is 0 Å². The van der Waals surface area contributed by atoms with Crippen LogP contribution in [0.3, 0.4) is 0 Å². The lowest BCUT2D eigenvalue weighted by molar-refractivity contribution is 0.0603. The highest BCUT2D eigenvalue weighted by Gasteiger charge is 2.31. The average molecular weight is 274 g/mol. The molecule has 1 heterocycles. The molecule has 1 N–H and O–H groups in total. The van der Waals surface area contributed by atoms with E-state index in [9.17, 15) is 5.26 Å². The summed E-state index contributed by atoms with van der Waals surface area (Å²) in [4.78, 5) is 0. The Morgan fingerprint density at radius 1 is 1.30 bits per heavy atom. The molecule has 2 rings (SSSR count). The van der Waals surface area contributed by atoms with E-state index >= 15 is 0 Å². The fourth-order valence-electron chi connectivity index (χ4n) is 2.74. The molecule has 1 aliphatic rings. The van der Waals surface area contributed by atoms with Gasteiger partial charge in [0.2, 0.25) is 0 Å². The molecule has 0 spiro atoms. The summed E-state index contributed by atoms with van der Waals surface area (Å²) in [5, 5.41) is 20.9. The van der Waals surface area contributed by atoms with Crippen molar-refractivity contribution >= 4 is 0 Å². The van der Waals surface area contributed by atoms with Crippen molar-refractivity contribution in [2.45, 2.75) is 45.6 Å². The number of nitriles is 1. The Kier molecular flexibility index (Phi) is 4.91. The second kappa shape index (κ2) is 6.67. The Bertz CT molecular complexity index is 503. The molecule has 5 heteroatoms. The van der Waals surface area contributed by atoms with Crippen molar-refractivity contribution in [3.8, 4) is 11.9 Å². The van der Waals surface area contributed by atoms with E-state index in [4.69, 9.17) is 4.74 Å². The van der Waals surface area contributed by atoms with Gasteiger partial charge in [0.05, 0.1) is 5.69 Å². The van der Waals surface area contributed by atoms with Crippen LogP contribution in [0.2, 0.25) is 0 Å². The Morgan fingerprint density at radius 3 is 2.60 bits per heavy atom. The molecule has 108 valence electrons. The average Bonchev–Trinajstić information content (AvgIpc) is 2.44. The first-order valence-electron chi connectivity index (χ1n) is 7.33.